The molecule has 0 aliphatic heterocycles. The molecular weight excluding hydrogens is 274 g/mol. The van der Waals surface area contributed by atoms with Crippen LogP contribution in [0.4, 0.5) is 0 Å². The lowest BCUT2D eigenvalue weighted by Gasteiger charge is -2.22. The fourth-order valence-corrected chi connectivity index (χ4v) is 1.07. The van der Waals surface area contributed by atoms with E-state index in [0.29, 0.717) is 0 Å². The average molecular weight is 288 g/mol. The molecule has 0 atom stereocenters. The monoisotopic (exact) mass is 288 g/mol. The number of hydrogen-bond acceptors (Lipinski definition) is 5. The minimum Gasteiger partial charge on any atom is -0.480 e. The van der Waals surface area contributed by atoms with Crippen LogP contribution in [-0.2, 0) is 19.2 Å². The van der Waals surface area contributed by atoms with Gasteiger partial charge in [-0.2, -0.15) is 0 Å². The molecule has 0 aromatic heterocycles. The van der Waals surface area contributed by atoms with E-state index in [2.05, 4.69) is 17.2 Å². The minimum atomic E-state index is -1.89. The first-order chi connectivity index (χ1) is 9.29. The molecule has 0 heterocycles. The van der Waals surface area contributed by atoms with E-state index >= 15 is 0 Å². The minimum absolute atomic E-state index is 0.337. The highest BCUT2D eigenvalue weighted by atomic mass is 16.4. The van der Waals surface area contributed by atoms with Crippen molar-refractivity contribution in [3.8, 4) is 0 Å². The molecule has 1 amide bonds. The molecule has 0 saturated heterocycles. The molecule has 0 aliphatic carbocycles. The van der Waals surface area contributed by atoms with Crippen molar-refractivity contribution in [3.05, 3.63) is 12.7 Å². The summed E-state index contributed by atoms with van der Waals surface area (Å²) >= 11 is 0. The fourth-order valence-electron chi connectivity index (χ4n) is 1.07. The van der Waals surface area contributed by atoms with Crippen LogP contribution in [0.15, 0.2) is 12.7 Å². The summed E-state index contributed by atoms with van der Waals surface area (Å²) in [6.45, 7) is 1.90. The van der Waals surface area contributed by atoms with Gasteiger partial charge in [-0.15, -0.1) is 0 Å². The van der Waals surface area contributed by atoms with E-state index in [-0.39, 0.29) is 6.67 Å². The third-order valence-electron chi connectivity index (χ3n) is 1.98. The molecule has 0 aromatic carbocycles. The number of nitrogens with one attached hydrogen (secondary N) is 1. The van der Waals surface area contributed by atoms with E-state index in [1.165, 1.54) is 0 Å². The molecule has 0 spiro atoms. The van der Waals surface area contributed by atoms with Crippen LogP contribution in [0, 0.1) is 0 Å². The predicted octanol–water partition coefficient (Wildman–Crippen LogP) is -2.27. The van der Waals surface area contributed by atoms with Crippen molar-refractivity contribution in [2.75, 3.05) is 19.9 Å². The quantitative estimate of drug-likeness (QED) is 0.199. The number of carbonyl (C=O) groups is 4. The van der Waals surface area contributed by atoms with Crippen LogP contribution in [0.3, 0.4) is 0 Å². The normalized spacial score (nSPS) is 10.1. The Morgan fingerprint density at radius 2 is 1.75 bits per heavy atom. The first kappa shape index (κ1) is 17.5. The Hall–Kier alpha value is -2.46. The van der Waals surface area contributed by atoms with Gasteiger partial charge >= 0.3 is 17.9 Å². The highest BCUT2D eigenvalue weighted by molar-refractivity contribution is 5.97. The molecule has 4 N–H and O–H groups in total. The Kier molecular flexibility index (Phi) is 7.55. The Bertz CT molecular complexity index is 396. The number of aliphatic carboxylic acids is 3. The number of carbonyl (C=O) groups excluding carboxylic acids is 1. The van der Waals surface area contributed by atoms with Crippen LogP contribution in [0.1, 0.15) is 0 Å². The molecule has 0 fully saturated rings. The third kappa shape index (κ3) is 6.47. The topological polar surface area (TPSA) is 158 Å². The number of hydrogen-bond donors (Lipinski definition) is 4. The highest BCUT2D eigenvalue weighted by Gasteiger charge is 2.26. The van der Waals surface area contributed by atoms with Crippen LogP contribution >= 0.6 is 0 Å². The van der Waals surface area contributed by atoms with Gasteiger partial charge in [-0.1, -0.05) is 6.58 Å². The van der Waals surface area contributed by atoms with Crippen molar-refractivity contribution in [2.45, 2.75) is 6.04 Å². The van der Waals surface area contributed by atoms with Gasteiger partial charge in [0.05, 0.1) is 13.3 Å². The summed E-state index contributed by atoms with van der Waals surface area (Å²) in [4.78, 5) is 43.8. The van der Waals surface area contributed by atoms with Gasteiger partial charge in [-0.05, 0) is 6.08 Å². The van der Waals surface area contributed by atoms with Crippen LogP contribution in [-0.4, -0.2) is 70.0 Å². The van der Waals surface area contributed by atoms with Crippen molar-refractivity contribution in [3.63, 3.8) is 0 Å². The maximum atomic E-state index is 11.4. The van der Waals surface area contributed by atoms with Crippen LogP contribution in [0.25, 0.3) is 0 Å². The number of carboxylic acids is 3. The van der Waals surface area contributed by atoms with E-state index < -0.39 is 43.1 Å². The molecule has 10 nitrogen and oxygen atoms in total. The van der Waals surface area contributed by atoms with E-state index in [1.54, 1.807) is 0 Å². The lowest BCUT2D eigenvalue weighted by Crippen LogP contribution is -2.50. The molecular formula is C10H14N3O7. The van der Waals surface area contributed by atoms with Gasteiger partial charge in [0, 0.05) is 0 Å². The first-order valence-electron chi connectivity index (χ1n) is 5.25. The van der Waals surface area contributed by atoms with E-state index in [0.717, 1.165) is 11.0 Å². The molecule has 0 aromatic rings. The second-order valence-electron chi connectivity index (χ2n) is 3.47. The zero-order valence-corrected chi connectivity index (χ0v) is 10.4. The largest absolute Gasteiger partial charge is 0.480 e. The molecule has 111 valence electrons. The van der Waals surface area contributed by atoms with Gasteiger partial charge in [0.25, 0.3) is 0 Å². The van der Waals surface area contributed by atoms with Gasteiger partial charge in [0.15, 0.2) is 0 Å². The molecule has 0 bridgehead atoms. The summed E-state index contributed by atoms with van der Waals surface area (Å²) < 4.78 is 0. The van der Waals surface area contributed by atoms with Crippen LogP contribution < -0.4 is 10.6 Å². The zero-order chi connectivity index (χ0) is 15.7. The lowest BCUT2D eigenvalue weighted by atomic mass is 10.3. The third-order valence-corrected chi connectivity index (χ3v) is 1.98. The standard InChI is InChI=1S/C10H14N3O7/c1-2-6(14)13(4-11-3-7(15)16)5-12-8(9(17)18)10(19)20/h2,8,12H,1,3-5H2,(H,15,16)(H,17,18)(H,19,20). The van der Waals surface area contributed by atoms with Gasteiger partial charge in [-0.3, -0.25) is 14.9 Å². The van der Waals surface area contributed by atoms with Crippen molar-refractivity contribution >= 4 is 23.8 Å². The van der Waals surface area contributed by atoms with Crippen LogP contribution in [0.5, 0.6) is 0 Å². The predicted molar refractivity (Wildman–Crippen MR) is 63.6 cm³/mol. The van der Waals surface area contributed by atoms with Gasteiger partial charge in [-0.25, -0.2) is 14.9 Å². The Labute approximate surface area is 113 Å². The highest BCUT2D eigenvalue weighted by Crippen LogP contribution is 1.91. The van der Waals surface area contributed by atoms with Crippen molar-refractivity contribution in [1.29, 1.82) is 0 Å². The molecule has 0 rings (SSSR count). The molecule has 1 radical (unpaired) electrons. The Morgan fingerprint density at radius 1 is 1.20 bits per heavy atom. The molecule has 10 heteroatoms. The molecule has 0 unspecified atom stereocenters. The maximum Gasteiger partial charge on any atom is 0.332 e. The Balaban J connectivity index is 4.53. The average Bonchev–Trinajstić information content (AvgIpc) is 2.34. The molecule has 0 aliphatic rings. The summed E-state index contributed by atoms with van der Waals surface area (Å²) in [6, 6.07) is -1.89. The Morgan fingerprint density at radius 3 is 2.15 bits per heavy atom. The van der Waals surface area contributed by atoms with E-state index in [9.17, 15) is 19.2 Å². The summed E-state index contributed by atoms with van der Waals surface area (Å²) in [5, 5.41) is 31.3. The summed E-state index contributed by atoms with van der Waals surface area (Å²) in [7, 11) is 0. The zero-order valence-electron chi connectivity index (χ0n) is 10.4. The van der Waals surface area contributed by atoms with Crippen LogP contribution in [0.2, 0.25) is 0 Å². The van der Waals surface area contributed by atoms with Crippen molar-refractivity contribution in [1.82, 2.24) is 15.5 Å². The van der Waals surface area contributed by atoms with Crippen molar-refractivity contribution < 1.29 is 34.5 Å². The number of nitrogens with zero attached hydrogens (tertiary/aromatic N) is 2. The second kappa shape index (κ2) is 8.61. The first-order valence-corrected chi connectivity index (χ1v) is 5.25. The van der Waals surface area contributed by atoms with Gasteiger partial charge in [0.1, 0.15) is 6.54 Å². The SMILES string of the molecule is C=CC(=O)N(C[N]CC(=O)O)CNC(C(=O)O)C(=O)O. The van der Waals surface area contributed by atoms with Gasteiger partial charge < -0.3 is 20.2 Å². The number of amides is 1. The fraction of sp³-hybridized carbons (Fsp3) is 0.400. The number of rotatable bonds is 10. The second-order valence-corrected chi connectivity index (χ2v) is 3.47. The van der Waals surface area contributed by atoms with E-state index in [4.69, 9.17) is 15.3 Å². The summed E-state index contributed by atoms with van der Waals surface area (Å²) in [5.41, 5.74) is 0. The van der Waals surface area contributed by atoms with E-state index in [1.807, 2.05) is 0 Å². The number of carboxylic acid groups (broad SMARTS) is 3. The molecule has 20 heavy (non-hydrogen) atoms. The summed E-state index contributed by atoms with van der Waals surface area (Å²) in [5.74, 6) is -5.09. The summed E-state index contributed by atoms with van der Waals surface area (Å²) in [6.07, 6.45) is 0.911. The molecule has 0 saturated carbocycles. The maximum absolute atomic E-state index is 11.4. The van der Waals surface area contributed by atoms with Gasteiger partial charge in [0.2, 0.25) is 11.9 Å². The lowest BCUT2D eigenvalue weighted by molar-refractivity contribution is -0.152. The van der Waals surface area contributed by atoms with Crippen molar-refractivity contribution in [2.24, 2.45) is 0 Å². The smallest absolute Gasteiger partial charge is 0.332 e.